The smallest absolute Gasteiger partial charge is 0.158 e. The van der Waals surface area contributed by atoms with Gasteiger partial charge in [0.2, 0.25) is 0 Å². The molecule has 4 aliphatic carbocycles. The van der Waals surface area contributed by atoms with Gasteiger partial charge in [-0.2, -0.15) is 0 Å². The van der Waals surface area contributed by atoms with E-state index in [4.69, 9.17) is 0 Å². The van der Waals surface area contributed by atoms with E-state index in [1.807, 2.05) is 0 Å². The SMILES string of the molecule is C[C@@]12C(=CC(=O)CC1O)CC[C@H]1C2=CC[C@@]2(C)[C@@H]1CC[C@H]2C(O)C=O. The standard InChI is InChI=1S/C21H28O4/c1-20-8-7-16-14(15(20)5-6-17(20)18(24)11-22)4-3-12-9-13(23)10-19(25)21(12,16)2/h7,9,11,14-15,17-19,24-25H,3-6,8,10H2,1-2H3/t14-,15-,17+,18?,19?,20+,21+/m1/s1. The lowest BCUT2D eigenvalue weighted by Crippen LogP contribution is -2.50. The predicted octanol–water partition coefficient (Wildman–Crippen LogP) is 2.59. The van der Waals surface area contributed by atoms with Crippen molar-refractivity contribution in [2.75, 3.05) is 0 Å². The largest absolute Gasteiger partial charge is 0.391 e. The molecule has 0 radical (unpaired) electrons. The lowest BCUT2D eigenvalue weighted by molar-refractivity contribution is -0.120. The number of hydrogen-bond donors (Lipinski definition) is 2. The highest BCUT2D eigenvalue weighted by Crippen LogP contribution is 2.64. The predicted molar refractivity (Wildman–Crippen MR) is 93.6 cm³/mol. The molecule has 0 aromatic heterocycles. The van der Waals surface area contributed by atoms with E-state index in [9.17, 15) is 19.8 Å². The number of aliphatic hydroxyl groups excluding tert-OH is 2. The number of aldehydes is 1. The molecule has 2 fully saturated rings. The van der Waals surface area contributed by atoms with Crippen molar-refractivity contribution in [1.82, 2.24) is 0 Å². The van der Waals surface area contributed by atoms with Gasteiger partial charge in [-0.15, -0.1) is 0 Å². The highest BCUT2D eigenvalue weighted by Gasteiger charge is 2.58. The van der Waals surface area contributed by atoms with Crippen molar-refractivity contribution >= 4 is 12.1 Å². The topological polar surface area (TPSA) is 74.6 Å². The Kier molecular flexibility index (Phi) is 3.86. The van der Waals surface area contributed by atoms with Crippen LogP contribution in [-0.2, 0) is 9.59 Å². The number of rotatable bonds is 2. The molecule has 0 heterocycles. The van der Waals surface area contributed by atoms with Gasteiger partial charge in [-0.3, -0.25) is 4.79 Å². The Morgan fingerprint density at radius 3 is 2.76 bits per heavy atom. The van der Waals surface area contributed by atoms with Crippen LogP contribution in [0.25, 0.3) is 0 Å². The normalized spacial score (nSPS) is 47.1. The summed E-state index contributed by atoms with van der Waals surface area (Å²) in [6, 6.07) is 0. The number of aliphatic hydroxyl groups is 2. The number of carbonyl (C=O) groups is 2. The maximum Gasteiger partial charge on any atom is 0.158 e. The van der Waals surface area contributed by atoms with Gasteiger partial charge in [0.1, 0.15) is 12.4 Å². The van der Waals surface area contributed by atoms with Crippen LogP contribution >= 0.6 is 0 Å². The summed E-state index contributed by atoms with van der Waals surface area (Å²) in [4.78, 5) is 23.1. The Labute approximate surface area is 149 Å². The second kappa shape index (κ2) is 5.62. The second-order valence-corrected chi connectivity index (χ2v) is 8.99. The molecule has 4 rings (SSSR count). The average molecular weight is 344 g/mol. The van der Waals surface area contributed by atoms with Gasteiger partial charge in [0.05, 0.1) is 6.10 Å². The molecule has 136 valence electrons. The molecule has 2 saturated carbocycles. The van der Waals surface area contributed by atoms with Crippen LogP contribution in [0.2, 0.25) is 0 Å². The summed E-state index contributed by atoms with van der Waals surface area (Å²) < 4.78 is 0. The second-order valence-electron chi connectivity index (χ2n) is 8.99. The van der Waals surface area contributed by atoms with Crippen molar-refractivity contribution in [3.05, 3.63) is 23.3 Å². The van der Waals surface area contributed by atoms with E-state index >= 15 is 0 Å². The van der Waals surface area contributed by atoms with E-state index < -0.39 is 17.6 Å². The molecule has 0 aromatic carbocycles. The Morgan fingerprint density at radius 2 is 2.04 bits per heavy atom. The van der Waals surface area contributed by atoms with E-state index in [-0.39, 0.29) is 23.5 Å². The first-order valence-electron chi connectivity index (χ1n) is 9.58. The molecule has 7 atom stereocenters. The van der Waals surface area contributed by atoms with E-state index in [0.29, 0.717) is 18.1 Å². The molecular formula is C21H28O4. The molecule has 0 saturated heterocycles. The van der Waals surface area contributed by atoms with Crippen LogP contribution in [0.4, 0.5) is 0 Å². The zero-order valence-corrected chi connectivity index (χ0v) is 15.1. The van der Waals surface area contributed by atoms with Gasteiger partial charge in [-0.1, -0.05) is 24.1 Å². The van der Waals surface area contributed by atoms with E-state index in [1.165, 1.54) is 5.57 Å². The number of allylic oxidation sites excluding steroid dienone is 2. The van der Waals surface area contributed by atoms with Gasteiger partial charge in [0.25, 0.3) is 0 Å². The van der Waals surface area contributed by atoms with Crippen LogP contribution in [0.1, 0.15) is 52.4 Å². The van der Waals surface area contributed by atoms with E-state index in [1.54, 1.807) is 6.08 Å². The molecule has 4 heteroatoms. The number of hydrogen-bond acceptors (Lipinski definition) is 4. The Morgan fingerprint density at radius 1 is 1.28 bits per heavy atom. The molecule has 4 aliphatic rings. The van der Waals surface area contributed by atoms with Crippen LogP contribution in [0, 0.1) is 28.6 Å². The van der Waals surface area contributed by atoms with Crippen LogP contribution in [-0.4, -0.2) is 34.5 Å². The number of carbonyl (C=O) groups excluding carboxylic acids is 2. The monoisotopic (exact) mass is 344 g/mol. The first-order valence-corrected chi connectivity index (χ1v) is 9.58. The zero-order chi connectivity index (χ0) is 18.0. The minimum Gasteiger partial charge on any atom is -0.391 e. The molecule has 0 aromatic rings. The van der Waals surface area contributed by atoms with Gasteiger partial charge < -0.3 is 15.0 Å². The number of ketones is 1. The average Bonchev–Trinajstić information content (AvgIpc) is 2.93. The van der Waals surface area contributed by atoms with Crippen LogP contribution < -0.4 is 0 Å². The summed E-state index contributed by atoms with van der Waals surface area (Å²) >= 11 is 0. The van der Waals surface area contributed by atoms with E-state index in [2.05, 4.69) is 19.9 Å². The van der Waals surface area contributed by atoms with Crippen molar-refractivity contribution in [1.29, 1.82) is 0 Å². The molecule has 2 N–H and O–H groups in total. The fraction of sp³-hybridized carbons (Fsp3) is 0.714. The third kappa shape index (κ3) is 2.20. The lowest BCUT2D eigenvalue weighted by Gasteiger charge is -2.55. The Balaban J connectivity index is 1.75. The van der Waals surface area contributed by atoms with Gasteiger partial charge in [-0.25, -0.2) is 0 Å². The Hall–Kier alpha value is -1.26. The summed E-state index contributed by atoms with van der Waals surface area (Å²) in [5, 5.41) is 21.0. The summed E-state index contributed by atoms with van der Waals surface area (Å²) in [5.41, 5.74) is 1.92. The summed E-state index contributed by atoms with van der Waals surface area (Å²) in [7, 11) is 0. The first-order chi connectivity index (χ1) is 11.8. The zero-order valence-electron chi connectivity index (χ0n) is 15.1. The third-order valence-corrected chi connectivity index (χ3v) is 8.07. The molecule has 0 bridgehead atoms. The highest BCUT2D eigenvalue weighted by atomic mass is 16.3. The van der Waals surface area contributed by atoms with E-state index in [0.717, 1.165) is 37.7 Å². The Bertz CT molecular complexity index is 677. The van der Waals surface area contributed by atoms with Gasteiger partial charge in [0.15, 0.2) is 5.78 Å². The minimum absolute atomic E-state index is 0.0235. The molecule has 4 nitrogen and oxygen atoms in total. The lowest BCUT2D eigenvalue weighted by atomic mass is 9.50. The molecule has 0 aliphatic heterocycles. The van der Waals surface area contributed by atoms with Crippen molar-refractivity contribution < 1.29 is 19.8 Å². The summed E-state index contributed by atoms with van der Waals surface area (Å²) in [6.45, 7) is 4.33. The molecule has 0 spiro atoms. The van der Waals surface area contributed by atoms with Crippen LogP contribution in [0.15, 0.2) is 23.3 Å². The number of fused-ring (bicyclic) bond motifs is 5. The molecule has 25 heavy (non-hydrogen) atoms. The molecular weight excluding hydrogens is 316 g/mol. The van der Waals surface area contributed by atoms with Crippen molar-refractivity contribution in [2.45, 2.75) is 64.6 Å². The van der Waals surface area contributed by atoms with Gasteiger partial charge in [-0.05, 0) is 68.3 Å². The van der Waals surface area contributed by atoms with Gasteiger partial charge >= 0.3 is 0 Å². The van der Waals surface area contributed by atoms with Gasteiger partial charge in [0, 0.05) is 11.8 Å². The quantitative estimate of drug-likeness (QED) is 0.596. The summed E-state index contributed by atoms with van der Waals surface area (Å²) in [6.07, 6.45) is 8.02. The summed E-state index contributed by atoms with van der Waals surface area (Å²) in [5.74, 6) is 0.882. The molecule has 2 unspecified atom stereocenters. The molecule has 0 amide bonds. The fourth-order valence-electron chi connectivity index (χ4n) is 6.60. The fourth-order valence-corrected chi connectivity index (χ4v) is 6.60. The third-order valence-electron chi connectivity index (χ3n) is 8.07. The maximum atomic E-state index is 11.9. The minimum atomic E-state index is -0.877. The first kappa shape index (κ1) is 17.2. The van der Waals surface area contributed by atoms with Crippen LogP contribution in [0.3, 0.4) is 0 Å². The maximum absolute atomic E-state index is 11.9. The highest BCUT2D eigenvalue weighted by molar-refractivity contribution is 5.92. The van der Waals surface area contributed by atoms with Crippen molar-refractivity contribution in [2.24, 2.45) is 28.6 Å². The van der Waals surface area contributed by atoms with Crippen LogP contribution in [0.5, 0.6) is 0 Å². The van der Waals surface area contributed by atoms with Crippen molar-refractivity contribution in [3.63, 3.8) is 0 Å². The van der Waals surface area contributed by atoms with Crippen molar-refractivity contribution in [3.8, 4) is 0 Å².